The zero-order chi connectivity index (χ0) is 16.1. The van der Waals surface area contributed by atoms with Crippen LogP contribution in [0.4, 0.5) is 0 Å². The first-order valence-corrected chi connectivity index (χ1v) is 8.35. The minimum absolute atomic E-state index is 0.747. The number of rotatable bonds is 4. The van der Waals surface area contributed by atoms with Gasteiger partial charge in [0.2, 0.25) is 0 Å². The van der Waals surface area contributed by atoms with Gasteiger partial charge in [0, 0.05) is 18.3 Å². The monoisotopic (exact) mass is 324 g/mol. The van der Waals surface area contributed by atoms with Crippen LogP contribution < -0.4 is 0 Å². The topological polar surface area (TPSA) is 24.7 Å². The molecule has 0 saturated heterocycles. The summed E-state index contributed by atoms with van der Waals surface area (Å²) in [6.07, 6.45) is 4.47. The number of unbranched alkanes of at least 4 members (excludes halogenated alkanes) is 1. The summed E-state index contributed by atoms with van der Waals surface area (Å²) in [5.41, 5.74) is 3.82. The van der Waals surface area contributed by atoms with E-state index in [0.717, 1.165) is 21.2 Å². The van der Waals surface area contributed by atoms with E-state index in [4.69, 9.17) is 11.6 Å². The Morgan fingerprint density at radius 2 is 1.81 bits per heavy atom. The van der Waals surface area contributed by atoms with E-state index in [9.17, 15) is 0 Å². The van der Waals surface area contributed by atoms with Crippen LogP contribution in [-0.2, 0) is 0 Å². The third kappa shape index (κ3) is 9.48. The SMILES string of the molecule is CCCC.CN=CSC(C)=N/C=C(\C)c1ccccc1Cl. The Labute approximate surface area is 138 Å². The maximum absolute atomic E-state index is 6.10. The maximum Gasteiger partial charge on any atom is 0.0756 e. The second-order valence-electron chi connectivity index (χ2n) is 4.42. The van der Waals surface area contributed by atoms with E-state index in [1.54, 1.807) is 12.6 Å². The Kier molecular flexibility index (Phi) is 12.0. The molecule has 0 radical (unpaired) electrons. The summed E-state index contributed by atoms with van der Waals surface area (Å²) >= 11 is 7.60. The van der Waals surface area contributed by atoms with Gasteiger partial charge in [0.1, 0.15) is 0 Å². The average molecular weight is 325 g/mol. The van der Waals surface area contributed by atoms with E-state index < -0.39 is 0 Å². The Morgan fingerprint density at radius 1 is 1.19 bits per heavy atom. The number of hydrogen-bond donors (Lipinski definition) is 0. The lowest BCUT2D eigenvalue weighted by Crippen LogP contribution is -1.84. The summed E-state index contributed by atoms with van der Waals surface area (Å²) in [5.74, 6) is 0. The molecule has 0 bridgehead atoms. The van der Waals surface area contributed by atoms with Gasteiger partial charge in [-0.1, -0.05) is 68.3 Å². The molecule has 0 aliphatic heterocycles. The van der Waals surface area contributed by atoms with Crippen LogP contribution >= 0.6 is 23.4 Å². The highest BCUT2D eigenvalue weighted by Crippen LogP contribution is 2.23. The van der Waals surface area contributed by atoms with Crippen LogP contribution in [0.2, 0.25) is 5.02 Å². The van der Waals surface area contributed by atoms with Gasteiger partial charge in [-0.15, -0.1) is 0 Å². The molecule has 4 heteroatoms. The first-order chi connectivity index (χ1) is 10.1. The molecule has 116 valence electrons. The average Bonchev–Trinajstić information content (AvgIpc) is 2.51. The second kappa shape index (κ2) is 12.7. The normalized spacial score (nSPS) is 12.3. The minimum Gasteiger partial charge on any atom is -0.289 e. The number of halogens is 1. The van der Waals surface area contributed by atoms with Gasteiger partial charge in [-0.3, -0.25) is 9.98 Å². The van der Waals surface area contributed by atoms with Crippen LogP contribution in [0.25, 0.3) is 5.57 Å². The maximum atomic E-state index is 6.10. The highest BCUT2D eigenvalue weighted by atomic mass is 35.5. The van der Waals surface area contributed by atoms with Crippen molar-refractivity contribution in [3.8, 4) is 0 Å². The largest absolute Gasteiger partial charge is 0.289 e. The molecule has 0 atom stereocenters. The van der Waals surface area contributed by atoms with Crippen LogP contribution in [0, 0.1) is 0 Å². The number of thioether (sulfide) groups is 1. The van der Waals surface area contributed by atoms with E-state index in [-0.39, 0.29) is 0 Å². The lowest BCUT2D eigenvalue weighted by molar-refractivity contribution is 0.886. The summed E-state index contributed by atoms with van der Waals surface area (Å²) in [4.78, 5) is 8.24. The van der Waals surface area contributed by atoms with Crippen molar-refractivity contribution in [2.75, 3.05) is 7.05 Å². The van der Waals surface area contributed by atoms with Gasteiger partial charge in [-0.05, 0) is 31.1 Å². The van der Waals surface area contributed by atoms with Crippen molar-refractivity contribution in [2.24, 2.45) is 9.98 Å². The molecule has 1 rings (SSSR count). The molecule has 0 spiro atoms. The molecule has 1 aromatic carbocycles. The molecule has 2 nitrogen and oxygen atoms in total. The van der Waals surface area contributed by atoms with Gasteiger partial charge < -0.3 is 0 Å². The van der Waals surface area contributed by atoms with Crippen LogP contribution in [-0.4, -0.2) is 17.6 Å². The molecular weight excluding hydrogens is 300 g/mol. The van der Waals surface area contributed by atoms with Crippen LogP contribution in [0.1, 0.15) is 46.1 Å². The third-order valence-corrected chi connectivity index (χ3v) is 3.66. The molecule has 0 aromatic heterocycles. The van der Waals surface area contributed by atoms with Crippen molar-refractivity contribution in [1.82, 2.24) is 0 Å². The van der Waals surface area contributed by atoms with Crippen LogP contribution in [0.5, 0.6) is 0 Å². The van der Waals surface area contributed by atoms with Crippen molar-refractivity contribution >= 4 is 39.5 Å². The van der Waals surface area contributed by atoms with Gasteiger partial charge in [-0.2, -0.15) is 0 Å². The third-order valence-electron chi connectivity index (χ3n) is 2.57. The van der Waals surface area contributed by atoms with Gasteiger partial charge in [-0.25, -0.2) is 0 Å². The summed E-state index contributed by atoms with van der Waals surface area (Å²) < 4.78 is 0. The molecule has 21 heavy (non-hydrogen) atoms. The zero-order valence-electron chi connectivity index (χ0n) is 13.6. The number of benzene rings is 1. The van der Waals surface area contributed by atoms with Crippen molar-refractivity contribution in [1.29, 1.82) is 0 Å². The number of nitrogens with zero attached hydrogens (tertiary/aromatic N) is 2. The predicted octanol–water partition coefficient (Wildman–Crippen LogP) is 6.32. The standard InChI is InChI=1S/C13H15ClN2S.C4H10/c1-10(8-16-11(2)17-9-15-3)12-6-4-5-7-13(12)14;1-3-4-2/h4-9H,1-3H3;3-4H2,1-2H3/b10-8+,15-9?,16-11?;. The lowest BCUT2D eigenvalue weighted by atomic mass is 10.1. The molecule has 0 N–H and O–H groups in total. The van der Waals surface area contributed by atoms with Gasteiger partial charge >= 0.3 is 0 Å². The Morgan fingerprint density at radius 3 is 2.33 bits per heavy atom. The smallest absolute Gasteiger partial charge is 0.0756 e. The minimum atomic E-state index is 0.747. The van der Waals surface area contributed by atoms with Crippen molar-refractivity contribution in [3.63, 3.8) is 0 Å². The van der Waals surface area contributed by atoms with Gasteiger partial charge in [0.15, 0.2) is 0 Å². The summed E-state index contributed by atoms with van der Waals surface area (Å²) in [6, 6.07) is 7.75. The first kappa shape index (κ1) is 19.9. The Hall–Kier alpha value is -1.06. The molecule has 0 saturated carbocycles. The predicted molar refractivity (Wildman–Crippen MR) is 101 cm³/mol. The van der Waals surface area contributed by atoms with Gasteiger partial charge in [0.05, 0.1) is 10.6 Å². The van der Waals surface area contributed by atoms with Crippen molar-refractivity contribution in [3.05, 3.63) is 41.1 Å². The molecule has 0 heterocycles. The molecule has 0 aliphatic carbocycles. The highest BCUT2D eigenvalue weighted by Gasteiger charge is 1.99. The molecule has 0 fully saturated rings. The van der Waals surface area contributed by atoms with E-state index in [1.807, 2.05) is 44.3 Å². The number of allylic oxidation sites excluding steroid dienone is 1. The van der Waals surface area contributed by atoms with Gasteiger partial charge in [0.25, 0.3) is 0 Å². The van der Waals surface area contributed by atoms with Crippen molar-refractivity contribution < 1.29 is 0 Å². The molecule has 0 amide bonds. The lowest BCUT2D eigenvalue weighted by Gasteiger charge is -2.02. The van der Waals surface area contributed by atoms with E-state index in [1.165, 1.54) is 24.6 Å². The quantitative estimate of drug-likeness (QED) is 0.470. The number of aliphatic imine (C=N–C) groups is 2. The van der Waals surface area contributed by atoms with Crippen LogP contribution in [0.3, 0.4) is 0 Å². The summed E-state index contributed by atoms with van der Waals surface area (Å²) in [7, 11) is 1.74. The fourth-order valence-electron chi connectivity index (χ4n) is 1.20. The molecule has 1 aromatic rings. The summed E-state index contributed by atoms with van der Waals surface area (Å²) in [5, 5.41) is 1.69. The number of hydrogen-bond acceptors (Lipinski definition) is 3. The van der Waals surface area contributed by atoms with E-state index in [2.05, 4.69) is 23.8 Å². The first-order valence-electron chi connectivity index (χ1n) is 7.10. The second-order valence-corrected chi connectivity index (χ2v) is 5.87. The Bertz CT molecular complexity index is 491. The molecule has 0 unspecified atom stereocenters. The Balaban J connectivity index is 0.000000885. The van der Waals surface area contributed by atoms with E-state index in [0.29, 0.717) is 0 Å². The highest BCUT2D eigenvalue weighted by molar-refractivity contribution is 8.25. The fourth-order valence-corrected chi connectivity index (χ4v) is 1.85. The van der Waals surface area contributed by atoms with Crippen LogP contribution in [0.15, 0.2) is 40.5 Å². The van der Waals surface area contributed by atoms with E-state index >= 15 is 0 Å². The summed E-state index contributed by atoms with van der Waals surface area (Å²) in [6.45, 7) is 8.30. The fraction of sp³-hybridized carbons (Fsp3) is 0.412. The zero-order valence-corrected chi connectivity index (χ0v) is 15.1. The molecular formula is C17H25ClN2S. The molecule has 0 aliphatic rings. The van der Waals surface area contributed by atoms with Crippen molar-refractivity contribution in [2.45, 2.75) is 40.5 Å².